The molecule has 0 amide bonds. The molecule has 3 unspecified atom stereocenters. The molecule has 0 fully saturated rings. The van der Waals surface area contributed by atoms with Crippen molar-refractivity contribution in [3.05, 3.63) is 41.2 Å². The van der Waals surface area contributed by atoms with E-state index in [2.05, 4.69) is 0 Å². The maximum Gasteiger partial charge on any atom is 0.196 e. The minimum atomic E-state index is -0.860. The Kier molecular flexibility index (Phi) is 5.39. The molecule has 4 heteroatoms. The quantitative estimate of drug-likeness (QED) is 0.757. The second-order valence-electron chi connectivity index (χ2n) is 5.14. The highest BCUT2D eigenvalue weighted by Crippen LogP contribution is 2.45. The van der Waals surface area contributed by atoms with E-state index in [1.807, 2.05) is 45.0 Å². The predicted octanol–water partition coefficient (Wildman–Crippen LogP) is 3.35. The summed E-state index contributed by atoms with van der Waals surface area (Å²) in [6, 6.07) is 7.92. The van der Waals surface area contributed by atoms with E-state index in [0.717, 1.165) is 23.1 Å². The Labute approximate surface area is 126 Å². The Hall–Kier alpha value is -1.36. The number of aliphatic hydroxyl groups is 2. The summed E-state index contributed by atoms with van der Waals surface area (Å²) in [6.45, 7) is 5.76. The number of benzene rings is 1. The van der Waals surface area contributed by atoms with E-state index in [9.17, 15) is 10.2 Å². The van der Waals surface area contributed by atoms with Crippen LogP contribution in [0.3, 0.4) is 0 Å². The van der Waals surface area contributed by atoms with Crippen molar-refractivity contribution in [1.29, 1.82) is 0 Å². The number of hydrogen-bond acceptors (Lipinski definition) is 4. The van der Waals surface area contributed by atoms with Gasteiger partial charge in [0.05, 0.1) is 0 Å². The topological polar surface area (TPSA) is 58.9 Å². The number of rotatable bonds is 7. The number of fused-ring (bicyclic) bond motifs is 1. The van der Waals surface area contributed by atoms with Gasteiger partial charge in [0.2, 0.25) is 0 Å². The van der Waals surface area contributed by atoms with Gasteiger partial charge in [-0.3, -0.25) is 0 Å². The average Bonchev–Trinajstić information content (AvgIpc) is 2.80. The fourth-order valence-corrected chi connectivity index (χ4v) is 2.55. The molecule has 1 aromatic carbocycles. The number of ether oxygens (including phenoxy) is 2. The van der Waals surface area contributed by atoms with Crippen LogP contribution < -0.4 is 0 Å². The van der Waals surface area contributed by atoms with Gasteiger partial charge in [0.25, 0.3) is 0 Å². The van der Waals surface area contributed by atoms with Crippen molar-refractivity contribution in [3.63, 3.8) is 0 Å². The Bertz CT molecular complexity index is 509. The molecule has 0 spiro atoms. The third-order valence-electron chi connectivity index (χ3n) is 3.71. The molecule has 1 aliphatic carbocycles. The highest BCUT2D eigenvalue weighted by Gasteiger charge is 2.34. The van der Waals surface area contributed by atoms with Crippen LogP contribution in [-0.4, -0.2) is 22.8 Å². The second kappa shape index (κ2) is 7.07. The number of hydrogen-bond donors (Lipinski definition) is 2. The Morgan fingerprint density at radius 1 is 1.05 bits per heavy atom. The van der Waals surface area contributed by atoms with Gasteiger partial charge in [-0.25, -0.2) is 0 Å². The van der Waals surface area contributed by atoms with Crippen molar-refractivity contribution in [2.45, 2.75) is 58.7 Å². The normalized spacial score (nSPS) is 20.3. The summed E-state index contributed by atoms with van der Waals surface area (Å²) in [6.07, 6.45) is -0.376. The monoisotopic (exact) mass is 292 g/mol. The minimum Gasteiger partial charge on any atom is -0.466 e. The van der Waals surface area contributed by atoms with E-state index >= 15 is 0 Å². The van der Waals surface area contributed by atoms with Gasteiger partial charge in [-0.2, -0.15) is 0 Å². The summed E-state index contributed by atoms with van der Waals surface area (Å²) in [5.74, 6) is 0.626. The molecule has 0 saturated heterocycles. The molecule has 3 atom stereocenters. The lowest BCUT2D eigenvalue weighted by atomic mass is 10.0. The van der Waals surface area contributed by atoms with Gasteiger partial charge in [-0.1, -0.05) is 45.0 Å². The van der Waals surface area contributed by atoms with Gasteiger partial charge < -0.3 is 19.7 Å². The molecule has 21 heavy (non-hydrogen) atoms. The maximum absolute atomic E-state index is 9.85. The van der Waals surface area contributed by atoms with Crippen molar-refractivity contribution in [3.8, 4) is 0 Å². The van der Waals surface area contributed by atoms with Crippen molar-refractivity contribution in [2.24, 2.45) is 0 Å². The smallest absolute Gasteiger partial charge is 0.196 e. The highest BCUT2D eigenvalue weighted by molar-refractivity contribution is 5.76. The fraction of sp³-hybridized carbons (Fsp3) is 0.529. The zero-order valence-corrected chi connectivity index (χ0v) is 12.9. The van der Waals surface area contributed by atoms with Gasteiger partial charge in [0.15, 0.2) is 12.6 Å². The molecular formula is C17H24O4. The van der Waals surface area contributed by atoms with Gasteiger partial charge in [-0.05, 0) is 24.0 Å². The van der Waals surface area contributed by atoms with Crippen LogP contribution in [-0.2, 0) is 9.47 Å². The van der Waals surface area contributed by atoms with Crippen molar-refractivity contribution in [1.82, 2.24) is 0 Å². The number of allylic oxidation sites excluding steroid dienone is 1. The summed E-state index contributed by atoms with van der Waals surface area (Å²) >= 11 is 0. The lowest BCUT2D eigenvalue weighted by molar-refractivity contribution is -0.155. The van der Waals surface area contributed by atoms with E-state index < -0.39 is 18.7 Å². The predicted molar refractivity (Wildman–Crippen MR) is 81.2 cm³/mol. The molecule has 0 radical (unpaired) electrons. The second-order valence-corrected chi connectivity index (χ2v) is 5.14. The summed E-state index contributed by atoms with van der Waals surface area (Å²) in [5, 5.41) is 19.7. The van der Waals surface area contributed by atoms with Crippen molar-refractivity contribution in [2.75, 3.05) is 0 Å². The first-order valence-corrected chi connectivity index (χ1v) is 7.62. The van der Waals surface area contributed by atoms with Crippen LogP contribution in [0.1, 0.15) is 57.3 Å². The molecule has 1 aliphatic rings. The Balaban J connectivity index is 2.39. The first-order valence-electron chi connectivity index (χ1n) is 7.62. The first kappa shape index (κ1) is 16.0. The molecule has 1 aromatic rings. The third kappa shape index (κ3) is 3.28. The molecule has 4 nitrogen and oxygen atoms in total. The van der Waals surface area contributed by atoms with Crippen LogP contribution in [0.5, 0.6) is 0 Å². The van der Waals surface area contributed by atoms with Gasteiger partial charge in [-0.15, -0.1) is 0 Å². The van der Waals surface area contributed by atoms with E-state index in [0.29, 0.717) is 18.6 Å². The summed E-state index contributed by atoms with van der Waals surface area (Å²) in [7, 11) is 0. The molecular weight excluding hydrogens is 268 g/mol. The summed E-state index contributed by atoms with van der Waals surface area (Å²) in [4.78, 5) is 0. The van der Waals surface area contributed by atoms with Crippen LogP contribution in [0.15, 0.2) is 30.0 Å². The van der Waals surface area contributed by atoms with E-state index in [-0.39, 0.29) is 0 Å². The molecule has 0 heterocycles. The maximum atomic E-state index is 9.85. The van der Waals surface area contributed by atoms with Crippen molar-refractivity contribution < 1.29 is 19.7 Å². The van der Waals surface area contributed by atoms with E-state index in [4.69, 9.17) is 9.47 Å². The zero-order valence-electron chi connectivity index (χ0n) is 12.9. The Morgan fingerprint density at radius 3 is 2.33 bits per heavy atom. The molecule has 2 N–H and O–H groups in total. The third-order valence-corrected chi connectivity index (χ3v) is 3.71. The summed E-state index contributed by atoms with van der Waals surface area (Å²) in [5.41, 5.74) is 3.10. The van der Waals surface area contributed by atoms with Gasteiger partial charge in [0, 0.05) is 12.0 Å². The van der Waals surface area contributed by atoms with Gasteiger partial charge in [0.1, 0.15) is 11.9 Å². The van der Waals surface area contributed by atoms with E-state index in [1.165, 1.54) is 0 Å². The van der Waals surface area contributed by atoms with Crippen LogP contribution in [0.2, 0.25) is 0 Å². The average molecular weight is 292 g/mol. The van der Waals surface area contributed by atoms with E-state index in [1.54, 1.807) is 0 Å². The molecule has 0 bridgehead atoms. The lowest BCUT2D eigenvalue weighted by Crippen LogP contribution is -2.19. The molecule has 0 aliphatic heterocycles. The first-order chi connectivity index (χ1) is 10.1. The summed E-state index contributed by atoms with van der Waals surface area (Å²) < 4.78 is 11.4. The van der Waals surface area contributed by atoms with Gasteiger partial charge >= 0.3 is 0 Å². The van der Waals surface area contributed by atoms with Crippen molar-refractivity contribution >= 4 is 5.57 Å². The van der Waals surface area contributed by atoms with Crippen LogP contribution in [0.25, 0.3) is 5.57 Å². The van der Waals surface area contributed by atoms with Crippen LogP contribution in [0, 0.1) is 0 Å². The molecule has 0 saturated carbocycles. The Morgan fingerprint density at radius 2 is 1.71 bits per heavy atom. The van der Waals surface area contributed by atoms with Crippen LogP contribution >= 0.6 is 0 Å². The lowest BCUT2D eigenvalue weighted by Gasteiger charge is -2.23. The largest absolute Gasteiger partial charge is 0.466 e. The fourth-order valence-electron chi connectivity index (χ4n) is 2.55. The molecule has 0 aromatic heterocycles. The minimum absolute atomic E-state index is 0.452. The highest BCUT2D eigenvalue weighted by atomic mass is 16.6. The van der Waals surface area contributed by atoms with Crippen LogP contribution in [0.4, 0.5) is 0 Å². The zero-order chi connectivity index (χ0) is 15.4. The number of aliphatic hydroxyl groups excluding tert-OH is 2. The SMILES string of the molecule is CCC1=C(OC(O)CC)C(OC(O)CC)c2ccccc21. The molecule has 116 valence electrons. The molecule has 2 rings (SSSR count). The standard InChI is InChI=1S/C17H24O4/c1-4-11-12-9-7-8-10-13(12)17(21-15(19)6-3)16(11)20-14(18)5-2/h7-10,14-15,17-19H,4-6H2,1-3H3.